The van der Waals surface area contributed by atoms with E-state index in [2.05, 4.69) is 24.1 Å². The number of rotatable bonds is 3. The van der Waals surface area contributed by atoms with Crippen LogP contribution in [-0.4, -0.2) is 22.1 Å². The van der Waals surface area contributed by atoms with Crippen LogP contribution in [0.15, 0.2) is 12.1 Å². The molecule has 0 saturated heterocycles. The van der Waals surface area contributed by atoms with Crippen molar-refractivity contribution in [2.24, 2.45) is 5.41 Å². The average Bonchev–Trinajstić information content (AvgIpc) is 2.34. The van der Waals surface area contributed by atoms with Gasteiger partial charge in [-0.2, -0.15) is 0 Å². The fraction of sp³-hybridized carbons (Fsp3) is 0.571. The maximum atomic E-state index is 11.0. The standard InChI is InChI=1S/C14H21N3O2/c1-14(2)8-4-3-5-11(14)17-12-9(15)6-7-10(16-12)13(18)19/h6-7,11H,3-5,8,15H2,1-2H3,(H,16,17)(H,18,19). The van der Waals surface area contributed by atoms with E-state index in [0.29, 0.717) is 11.5 Å². The summed E-state index contributed by atoms with van der Waals surface area (Å²) in [6, 6.07) is 3.30. The molecule has 1 unspecified atom stereocenters. The number of carbonyl (C=O) groups is 1. The Morgan fingerprint density at radius 1 is 1.47 bits per heavy atom. The molecule has 0 bridgehead atoms. The fourth-order valence-corrected chi connectivity index (χ4v) is 2.63. The molecule has 5 nitrogen and oxygen atoms in total. The second-order valence-corrected chi connectivity index (χ2v) is 5.87. The first kappa shape index (κ1) is 13.6. The third-order valence-corrected chi connectivity index (χ3v) is 3.96. The zero-order chi connectivity index (χ0) is 14.0. The van der Waals surface area contributed by atoms with Crippen molar-refractivity contribution in [1.29, 1.82) is 0 Å². The van der Waals surface area contributed by atoms with Gasteiger partial charge in [-0.1, -0.05) is 26.7 Å². The minimum absolute atomic E-state index is 0.0188. The van der Waals surface area contributed by atoms with E-state index in [1.807, 2.05) is 0 Å². The number of nitrogens with zero attached hydrogens (tertiary/aromatic N) is 1. The lowest BCUT2D eigenvalue weighted by atomic mass is 9.73. The number of carboxylic acid groups (broad SMARTS) is 1. The second-order valence-electron chi connectivity index (χ2n) is 5.87. The van der Waals surface area contributed by atoms with Crippen molar-refractivity contribution in [2.45, 2.75) is 45.6 Å². The molecule has 1 atom stereocenters. The number of hydrogen-bond acceptors (Lipinski definition) is 4. The van der Waals surface area contributed by atoms with Crippen LogP contribution in [0.4, 0.5) is 11.5 Å². The molecule has 0 spiro atoms. The quantitative estimate of drug-likeness (QED) is 0.780. The van der Waals surface area contributed by atoms with Gasteiger partial charge in [0.25, 0.3) is 0 Å². The van der Waals surface area contributed by atoms with E-state index in [0.717, 1.165) is 12.8 Å². The summed E-state index contributed by atoms with van der Waals surface area (Å²) in [6.45, 7) is 4.45. The monoisotopic (exact) mass is 263 g/mol. The number of aromatic nitrogens is 1. The molecule has 1 aromatic heterocycles. The Kier molecular flexibility index (Phi) is 3.64. The van der Waals surface area contributed by atoms with Crippen molar-refractivity contribution in [3.8, 4) is 0 Å². The Bertz CT molecular complexity index is 486. The van der Waals surface area contributed by atoms with Crippen molar-refractivity contribution < 1.29 is 9.90 Å². The second kappa shape index (κ2) is 5.07. The predicted molar refractivity (Wildman–Crippen MR) is 75.3 cm³/mol. The number of hydrogen-bond donors (Lipinski definition) is 3. The van der Waals surface area contributed by atoms with Crippen LogP contribution in [0.3, 0.4) is 0 Å². The highest BCUT2D eigenvalue weighted by Gasteiger charge is 2.32. The van der Waals surface area contributed by atoms with Crippen molar-refractivity contribution in [3.63, 3.8) is 0 Å². The van der Waals surface area contributed by atoms with Gasteiger partial charge in [0.05, 0.1) is 5.69 Å². The molecule has 104 valence electrons. The molecule has 4 N–H and O–H groups in total. The molecule has 2 rings (SSSR count). The Hall–Kier alpha value is -1.78. The van der Waals surface area contributed by atoms with Crippen LogP contribution in [0.1, 0.15) is 50.0 Å². The third-order valence-electron chi connectivity index (χ3n) is 3.96. The number of nitrogen functional groups attached to an aromatic ring is 1. The lowest BCUT2D eigenvalue weighted by Gasteiger charge is -2.39. The van der Waals surface area contributed by atoms with Gasteiger partial charge in [-0.15, -0.1) is 0 Å². The first-order chi connectivity index (χ1) is 8.90. The maximum Gasteiger partial charge on any atom is 0.354 e. The van der Waals surface area contributed by atoms with E-state index in [1.165, 1.54) is 18.9 Å². The summed E-state index contributed by atoms with van der Waals surface area (Å²) in [5, 5.41) is 12.3. The van der Waals surface area contributed by atoms with E-state index in [-0.39, 0.29) is 17.2 Å². The Morgan fingerprint density at radius 2 is 2.21 bits per heavy atom. The van der Waals surface area contributed by atoms with Crippen molar-refractivity contribution in [1.82, 2.24) is 4.98 Å². The summed E-state index contributed by atoms with van der Waals surface area (Å²) < 4.78 is 0. The molecule has 5 heteroatoms. The molecule has 1 saturated carbocycles. The lowest BCUT2D eigenvalue weighted by molar-refractivity contribution is 0.0690. The zero-order valence-electron chi connectivity index (χ0n) is 11.4. The number of nitrogens with two attached hydrogens (primary N) is 1. The Labute approximate surface area is 113 Å². The molecule has 0 aliphatic heterocycles. The number of nitrogens with one attached hydrogen (secondary N) is 1. The van der Waals surface area contributed by atoms with Crippen molar-refractivity contribution in [2.75, 3.05) is 11.1 Å². The van der Waals surface area contributed by atoms with E-state index in [4.69, 9.17) is 10.8 Å². The van der Waals surface area contributed by atoms with Gasteiger partial charge in [0.2, 0.25) is 0 Å². The van der Waals surface area contributed by atoms with Crippen LogP contribution in [0.25, 0.3) is 0 Å². The lowest BCUT2D eigenvalue weighted by Crippen LogP contribution is -2.39. The highest BCUT2D eigenvalue weighted by atomic mass is 16.4. The van der Waals surface area contributed by atoms with Crippen LogP contribution in [0.2, 0.25) is 0 Å². The molecule has 1 aliphatic rings. The number of carboxylic acids is 1. The zero-order valence-corrected chi connectivity index (χ0v) is 11.4. The molecule has 0 aromatic carbocycles. The first-order valence-corrected chi connectivity index (χ1v) is 6.66. The highest BCUT2D eigenvalue weighted by Crippen LogP contribution is 2.37. The van der Waals surface area contributed by atoms with Crippen LogP contribution < -0.4 is 11.1 Å². The fourth-order valence-electron chi connectivity index (χ4n) is 2.63. The Morgan fingerprint density at radius 3 is 2.84 bits per heavy atom. The number of anilines is 2. The molecule has 1 fully saturated rings. The average molecular weight is 263 g/mol. The van der Waals surface area contributed by atoms with Gasteiger partial charge in [-0.3, -0.25) is 0 Å². The summed E-state index contributed by atoms with van der Waals surface area (Å²) >= 11 is 0. The predicted octanol–water partition coefficient (Wildman–Crippen LogP) is 2.74. The maximum absolute atomic E-state index is 11.0. The Balaban J connectivity index is 2.22. The molecule has 0 amide bonds. The molecule has 0 radical (unpaired) electrons. The SMILES string of the molecule is CC1(C)CCCCC1Nc1nc(C(=O)O)ccc1N. The van der Waals surface area contributed by atoms with E-state index >= 15 is 0 Å². The molecule has 1 heterocycles. The largest absolute Gasteiger partial charge is 0.477 e. The van der Waals surface area contributed by atoms with Crippen LogP contribution in [0, 0.1) is 5.41 Å². The van der Waals surface area contributed by atoms with Gasteiger partial charge in [0, 0.05) is 6.04 Å². The summed E-state index contributed by atoms with van der Waals surface area (Å²) in [4.78, 5) is 15.0. The summed E-state index contributed by atoms with van der Waals surface area (Å²) in [7, 11) is 0. The van der Waals surface area contributed by atoms with Gasteiger partial charge in [-0.05, 0) is 30.4 Å². The van der Waals surface area contributed by atoms with Crippen LogP contribution >= 0.6 is 0 Å². The summed E-state index contributed by atoms with van der Waals surface area (Å²) in [5.74, 6) is -0.550. The molecular weight excluding hydrogens is 242 g/mol. The van der Waals surface area contributed by atoms with Crippen LogP contribution in [0.5, 0.6) is 0 Å². The number of pyridine rings is 1. The highest BCUT2D eigenvalue weighted by molar-refractivity contribution is 5.86. The minimum atomic E-state index is -1.04. The van der Waals surface area contributed by atoms with Gasteiger partial charge < -0.3 is 16.2 Å². The van der Waals surface area contributed by atoms with Crippen molar-refractivity contribution >= 4 is 17.5 Å². The first-order valence-electron chi connectivity index (χ1n) is 6.66. The molecule has 1 aromatic rings. The van der Waals surface area contributed by atoms with Crippen LogP contribution in [-0.2, 0) is 0 Å². The molecule has 19 heavy (non-hydrogen) atoms. The van der Waals surface area contributed by atoms with Crippen molar-refractivity contribution in [3.05, 3.63) is 17.8 Å². The van der Waals surface area contributed by atoms with E-state index in [1.54, 1.807) is 6.07 Å². The van der Waals surface area contributed by atoms with Gasteiger partial charge in [0.1, 0.15) is 5.82 Å². The van der Waals surface area contributed by atoms with E-state index in [9.17, 15) is 4.79 Å². The minimum Gasteiger partial charge on any atom is -0.477 e. The smallest absolute Gasteiger partial charge is 0.354 e. The topological polar surface area (TPSA) is 88.2 Å². The number of aromatic carboxylic acids is 1. The molecule has 1 aliphatic carbocycles. The van der Waals surface area contributed by atoms with Gasteiger partial charge >= 0.3 is 5.97 Å². The summed E-state index contributed by atoms with van der Waals surface area (Å²) in [6.07, 6.45) is 4.64. The summed E-state index contributed by atoms with van der Waals surface area (Å²) in [5.41, 5.74) is 6.56. The van der Waals surface area contributed by atoms with Gasteiger partial charge in [-0.25, -0.2) is 9.78 Å². The van der Waals surface area contributed by atoms with E-state index < -0.39 is 5.97 Å². The van der Waals surface area contributed by atoms with Gasteiger partial charge in [0.15, 0.2) is 5.69 Å². The third kappa shape index (κ3) is 2.97. The molecular formula is C14H21N3O2. The normalized spacial score (nSPS) is 21.9.